The van der Waals surface area contributed by atoms with Crippen LogP contribution in [-0.4, -0.2) is 30.3 Å². The first-order valence-corrected chi connectivity index (χ1v) is 19.6. The molecule has 12 aromatic rings. The minimum atomic E-state index is 0.785. The van der Waals surface area contributed by atoms with E-state index in [4.69, 9.17) is 4.98 Å². The highest BCUT2D eigenvalue weighted by atomic mass is 15.3. The number of rotatable bonds is 3. The van der Waals surface area contributed by atoms with Crippen LogP contribution < -0.4 is 4.90 Å². The second kappa shape index (κ2) is 11.2. The first-order chi connectivity index (χ1) is 28.2. The summed E-state index contributed by atoms with van der Waals surface area (Å²) in [5.74, 6) is 0.967. The summed E-state index contributed by atoms with van der Waals surface area (Å²) < 4.78 is 9.61. The third-order valence-electron chi connectivity index (χ3n) is 12.4. The molecule has 6 heteroatoms. The predicted octanol–water partition coefficient (Wildman–Crippen LogP) is 12.5. The van der Waals surface area contributed by atoms with Crippen LogP contribution in [0.4, 0.5) is 11.6 Å². The fourth-order valence-electron chi connectivity index (χ4n) is 9.85. The molecule has 268 valence electrons. The number of aromatic nitrogens is 5. The van der Waals surface area contributed by atoms with E-state index >= 15 is 0 Å². The SMILES string of the molecule is CN1c2cc(-n3c4ccc(-n5c6ccccc6c6ccccc65)cc4c4cc(-n5c6ccccc6c6ccccc65)ccc43)ccc2Cn2c1nc1ccccc12. The lowest BCUT2D eigenvalue weighted by atomic mass is 10.1. The van der Waals surface area contributed by atoms with Gasteiger partial charge in [0, 0.05) is 56.4 Å². The van der Waals surface area contributed by atoms with Gasteiger partial charge in [0.15, 0.2) is 0 Å². The Morgan fingerprint density at radius 1 is 0.386 bits per heavy atom. The van der Waals surface area contributed by atoms with E-state index in [9.17, 15) is 0 Å². The summed E-state index contributed by atoms with van der Waals surface area (Å²) in [6.45, 7) is 0.785. The molecule has 0 saturated heterocycles. The van der Waals surface area contributed by atoms with Gasteiger partial charge in [-0.25, -0.2) is 4.98 Å². The molecule has 13 rings (SSSR count). The van der Waals surface area contributed by atoms with Crippen molar-refractivity contribution in [3.63, 3.8) is 0 Å². The van der Waals surface area contributed by atoms with Crippen molar-refractivity contribution >= 4 is 88.1 Å². The van der Waals surface area contributed by atoms with Crippen LogP contribution in [0.3, 0.4) is 0 Å². The molecule has 0 N–H and O–H groups in total. The van der Waals surface area contributed by atoms with Crippen LogP contribution in [0.1, 0.15) is 5.56 Å². The van der Waals surface area contributed by atoms with Gasteiger partial charge in [0.25, 0.3) is 0 Å². The van der Waals surface area contributed by atoms with Crippen LogP contribution in [0.25, 0.3) is 93.5 Å². The molecule has 0 spiro atoms. The highest BCUT2D eigenvalue weighted by molar-refractivity contribution is 6.14. The molecule has 8 aromatic carbocycles. The summed E-state index contributed by atoms with van der Waals surface area (Å²) in [6, 6.07) is 64.4. The average molecular weight is 731 g/mol. The van der Waals surface area contributed by atoms with Gasteiger partial charge < -0.3 is 23.2 Å². The molecule has 6 nitrogen and oxygen atoms in total. The Bertz CT molecular complexity index is 3370. The normalized spacial score (nSPS) is 12.9. The van der Waals surface area contributed by atoms with E-state index in [1.165, 1.54) is 76.7 Å². The minimum Gasteiger partial charge on any atom is -0.315 e. The van der Waals surface area contributed by atoms with Gasteiger partial charge in [0.1, 0.15) is 0 Å². The van der Waals surface area contributed by atoms with Crippen molar-refractivity contribution in [2.24, 2.45) is 0 Å². The van der Waals surface area contributed by atoms with E-state index in [0.717, 1.165) is 40.6 Å². The molecule has 0 bridgehead atoms. The summed E-state index contributed by atoms with van der Waals surface area (Å²) in [6.07, 6.45) is 0. The van der Waals surface area contributed by atoms with Crippen LogP contribution in [0.15, 0.2) is 176 Å². The van der Waals surface area contributed by atoms with Crippen LogP contribution in [0, 0.1) is 0 Å². The first kappa shape index (κ1) is 30.7. The highest BCUT2D eigenvalue weighted by Crippen LogP contribution is 2.42. The van der Waals surface area contributed by atoms with Crippen LogP contribution in [0.5, 0.6) is 0 Å². The Morgan fingerprint density at radius 2 is 0.789 bits per heavy atom. The van der Waals surface area contributed by atoms with Gasteiger partial charge in [-0.3, -0.25) is 0 Å². The zero-order valence-corrected chi connectivity index (χ0v) is 31.1. The standard InChI is InChI=1S/C51H34N6/c1-53-50-30-35(23-22-32(50)31-54-49-21-11-6-16-42(49)52-51(53)54)57-47-26-24-33(55-43-17-7-2-12-36(43)37-13-3-8-18-44(37)55)28-40(47)41-29-34(25-27-48(41)57)56-45-19-9-4-14-38(45)39-15-5-10-20-46(39)56/h2-30H,31H2,1H3. The van der Waals surface area contributed by atoms with Gasteiger partial charge in [-0.2, -0.15) is 0 Å². The van der Waals surface area contributed by atoms with Crippen LogP contribution in [0.2, 0.25) is 0 Å². The van der Waals surface area contributed by atoms with Crippen molar-refractivity contribution in [1.82, 2.24) is 23.3 Å². The third kappa shape index (κ3) is 4.16. The van der Waals surface area contributed by atoms with Gasteiger partial charge in [-0.05, 0) is 90.5 Å². The zero-order valence-electron chi connectivity index (χ0n) is 31.1. The third-order valence-corrected chi connectivity index (χ3v) is 12.4. The smallest absolute Gasteiger partial charge is 0.211 e. The number of fused-ring (bicyclic) bond motifs is 13. The summed E-state index contributed by atoms with van der Waals surface area (Å²) in [4.78, 5) is 7.30. The van der Waals surface area contributed by atoms with Gasteiger partial charge in [0.2, 0.25) is 5.95 Å². The molecule has 0 aliphatic carbocycles. The Morgan fingerprint density at radius 3 is 1.30 bits per heavy atom. The maximum absolute atomic E-state index is 5.06. The number of hydrogen-bond donors (Lipinski definition) is 0. The van der Waals surface area contributed by atoms with E-state index in [1.54, 1.807) is 0 Å². The van der Waals surface area contributed by atoms with E-state index in [0.29, 0.717) is 0 Å². The molecule has 0 radical (unpaired) electrons. The monoisotopic (exact) mass is 730 g/mol. The van der Waals surface area contributed by atoms with E-state index < -0.39 is 0 Å². The molecule has 57 heavy (non-hydrogen) atoms. The number of benzene rings is 8. The Kier molecular flexibility index (Phi) is 6.06. The van der Waals surface area contributed by atoms with E-state index in [1.807, 2.05) is 0 Å². The lowest BCUT2D eigenvalue weighted by molar-refractivity contribution is 0.778. The lowest BCUT2D eigenvalue weighted by Gasteiger charge is -2.29. The van der Waals surface area contributed by atoms with Gasteiger partial charge >= 0.3 is 0 Å². The number of hydrogen-bond acceptors (Lipinski definition) is 2. The number of imidazole rings is 1. The molecule has 0 fully saturated rings. The quantitative estimate of drug-likeness (QED) is 0.181. The summed E-state index contributed by atoms with van der Waals surface area (Å²) in [5.41, 5.74) is 15.2. The molecule has 0 unspecified atom stereocenters. The van der Waals surface area contributed by atoms with Crippen molar-refractivity contribution in [3.05, 3.63) is 181 Å². The second-order valence-electron chi connectivity index (χ2n) is 15.3. The topological polar surface area (TPSA) is 35.9 Å². The maximum atomic E-state index is 5.06. The Balaban J connectivity index is 1.07. The molecular weight excluding hydrogens is 697 g/mol. The molecule has 1 aliphatic rings. The molecule has 5 heterocycles. The van der Waals surface area contributed by atoms with Crippen molar-refractivity contribution < 1.29 is 0 Å². The van der Waals surface area contributed by atoms with Crippen molar-refractivity contribution in [2.45, 2.75) is 6.54 Å². The maximum Gasteiger partial charge on any atom is 0.211 e. The first-order valence-electron chi connectivity index (χ1n) is 19.6. The average Bonchev–Trinajstić information content (AvgIpc) is 4.00. The van der Waals surface area contributed by atoms with E-state index in [2.05, 4.69) is 206 Å². The summed E-state index contributed by atoms with van der Waals surface area (Å²) in [5, 5.41) is 7.46. The Labute approximate surface area is 327 Å². The molecule has 4 aromatic heterocycles. The molecule has 0 saturated carbocycles. The van der Waals surface area contributed by atoms with Gasteiger partial charge in [-0.1, -0.05) is 91.0 Å². The van der Waals surface area contributed by atoms with Gasteiger partial charge in [-0.15, -0.1) is 0 Å². The van der Waals surface area contributed by atoms with Crippen LogP contribution in [-0.2, 0) is 6.54 Å². The number of para-hydroxylation sites is 6. The lowest BCUT2D eigenvalue weighted by Crippen LogP contribution is -2.23. The summed E-state index contributed by atoms with van der Waals surface area (Å²) >= 11 is 0. The fourth-order valence-corrected chi connectivity index (χ4v) is 9.85. The van der Waals surface area contributed by atoms with Crippen molar-refractivity contribution in [1.29, 1.82) is 0 Å². The molecule has 0 atom stereocenters. The summed E-state index contributed by atoms with van der Waals surface area (Å²) in [7, 11) is 2.14. The van der Waals surface area contributed by atoms with Crippen LogP contribution >= 0.6 is 0 Å². The predicted molar refractivity (Wildman–Crippen MR) is 236 cm³/mol. The highest BCUT2D eigenvalue weighted by Gasteiger charge is 2.25. The molecule has 0 amide bonds. The second-order valence-corrected chi connectivity index (χ2v) is 15.3. The van der Waals surface area contributed by atoms with E-state index in [-0.39, 0.29) is 0 Å². The zero-order chi connectivity index (χ0) is 37.4. The van der Waals surface area contributed by atoms with Crippen molar-refractivity contribution in [2.75, 3.05) is 11.9 Å². The van der Waals surface area contributed by atoms with Gasteiger partial charge in [0.05, 0.1) is 56.4 Å². The molecular formula is C51H34N6. The largest absolute Gasteiger partial charge is 0.315 e. The molecule has 1 aliphatic heterocycles. The van der Waals surface area contributed by atoms with Crippen molar-refractivity contribution in [3.8, 4) is 17.1 Å². The Hall–Kier alpha value is -7.57. The number of nitrogens with zero attached hydrogens (tertiary/aromatic N) is 6. The fraction of sp³-hybridized carbons (Fsp3) is 0.0392. The number of anilines is 2. The minimum absolute atomic E-state index is 0.785.